The maximum absolute atomic E-state index is 12.6. The summed E-state index contributed by atoms with van der Waals surface area (Å²) < 4.78 is 12.0. The number of halogens is 1. The molecule has 0 aromatic heterocycles. The Morgan fingerprint density at radius 2 is 1.79 bits per heavy atom. The first-order chi connectivity index (χ1) is 18.3. The van der Waals surface area contributed by atoms with Gasteiger partial charge in [-0.25, -0.2) is 0 Å². The number of hydrogen-bond acceptors (Lipinski definition) is 6. The van der Waals surface area contributed by atoms with E-state index in [-0.39, 0.29) is 36.7 Å². The van der Waals surface area contributed by atoms with Gasteiger partial charge < -0.3 is 25.0 Å². The number of aryl methyl sites for hydroxylation is 2. The molecule has 2 N–H and O–H groups in total. The molecule has 0 spiro atoms. The normalized spacial score (nSPS) is 17.9. The number of rotatable bonds is 10. The molecule has 3 amide bonds. The number of hydrogen-bond donors (Lipinski definition) is 2. The second-order valence-corrected chi connectivity index (χ2v) is 10.7. The maximum Gasteiger partial charge on any atom is 0.262 e. The van der Waals surface area contributed by atoms with Crippen molar-refractivity contribution in [1.82, 2.24) is 10.2 Å². The van der Waals surface area contributed by atoms with Gasteiger partial charge in [0.2, 0.25) is 11.8 Å². The fourth-order valence-electron chi connectivity index (χ4n) is 4.77. The van der Waals surface area contributed by atoms with E-state index in [1.807, 2.05) is 26.0 Å². The molecule has 0 radical (unpaired) electrons. The molecule has 2 heterocycles. The van der Waals surface area contributed by atoms with Gasteiger partial charge in [0.15, 0.2) is 6.61 Å². The van der Waals surface area contributed by atoms with Crippen LogP contribution in [0.25, 0.3) is 0 Å². The predicted molar refractivity (Wildman–Crippen MR) is 150 cm³/mol. The number of nitrogens with one attached hydrogen (secondary N) is 2. The number of anilines is 2. The van der Waals surface area contributed by atoms with Gasteiger partial charge in [-0.3, -0.25) is 19.3 Å². The second-order valence-electron chi connectivity index (χ2n) is 9.75. The number of carbonyl (C=O) groups excluding carboxylic acids is 3. The fourth-order valence-corrected chi connectivity index (χ4v) is 5.46. The Hall–Kier alpha value is -2.95. The molecule has 0 saturated carbocycles. The van der Waals surface area contributed by atoms with Gasteiger partial charge in [-0.1, -0.05) is 15.9 Å². The standard InChI is InChI=1S/C28H35BrN4O5/c1-19-14-22(29)15-20(2)27(19)31-25(34)18-38-24-6-4-23(5-7-24)33-17-21(16-26(33)35)28(36)30-8-3-9-32-10-12-37-13-11-32/h4-7,14-15,21H,3,8-13,16-18H2,1-2H3,(H,30,36)(H,31,34)/t21-/m0/s1. The molecule has 9 nitrogen and oxygen atoms in total. The molecule has 10 heteroatoms. The highest BCUT2D eigenvalue weighted by Gasteiger charge is 2.35. The average Bonchev–Trinajstić information content (AvgIpc) is 3.30. The summed E-state index contributed by atoms with van der Waals surface area (Å²) in [7, 11) is 0. The highest BCUT2D eigenvalue weighted by Crippen LogP contribution is 2.28. The zero-order valence-electron chi connectivity index (χ0n) is 21.9. The van der Waals surface area contributed by atoms with Crippen LogP contribution in [0.1, 0.15) is 24.0 Å². The van der Waals surface area contributed by atoms with Crippen LogP contribution in [0.2, 0.25) is 0 Å². The van der Waals surface area contributed by atoms with Crippen LogP contribution in [0.4, 0.5) is 11.4 Å². The van der Waals surface area contributed by atoms with E-state index in [9.17, 15) is 14.4 Å². The Labute approximate surface area is 232 Å². The van der Waals surface area contributed by atoms with Crippen molar-refractivity contribution in [3.05, 3.63) is 52.0 Å². The molecule has 2 aliphatic rings. The SMILES string of the molecule is Cc1cc(Br)cc(C)c1NC(=O)COc1ccc(N2C[C@@H](C(=O)NCCCN3CCOCC3)CC2=O)cc1. The molecule has 4 rings (SSSR count). The number of carbonyl (C=O) groups is 3. The monoisotopic (exact) mass is 586 g/mol. The molecule has 0 bridgehead atoms. The molecule has 2 aromatic rings. The van der Waals surface area contributed by atoms with Gasteiger partial charge >= 0.3 is 0 Å². The van der Waals surface area contributed by atoms with Gasteiger partial charge in [0.1, 0.15) is 5.75 Å². The predicted octanol–water partition coefficient (Wildman–Crippen LogP) is 3.27. The summed E-state index contributed by atoms with van der Waals surface area (Å²) >= 11 is 3.46. The maximum atomic E-state index is 12.6. The van der Waals surface area contributed by atoms with Gasteiger partial charge in [-0.2, -0.15) is 0 Å². The smallest absolute Gasteiger partial charge is 0.262 e. The number of benzene rings is 2. The van der Waals surface area contributed by atoms with Crippen LogP contribution in [-0.4, -0.2) is 75.2 Å². The Morgan fingerprint density at radius 3 is 2.47 bits per heavy atom. The lowest BCUT2D eigenvalue weighted by atomic mass is 10.1. The van der Waals surface area contributed by atoms with Crippen molar-refractivity contribution >= 4 is 45.0 Å². The van der Waals surface area contributed by atoms with E-state index in [0.717, 1.165) is 60.6 Å². The van der Waals surface area contributed by atoms with E-state index in [1.54, 1.807) is 29.2 Å². The van der Waals surface area contributed by atoms with Gasteiger partial charge in [0, 0.05) is 48.4 Å². The molecular weight excluding hydrogens is 552 g/mol. The second kappa shape index (κ2) is 13.2. The highest BCUT2D eigenvalue weighted by molar-refractivity contribution is 9.10. The van der Waals surface area contributed by atoms with Crippen LogP contribution in [0.15, 0.2) is 40.9 Å². The lowest BCUT2D eigenvalue weighted by Gasteiger charge is -2.26. The van der Waals surface area contributed by atoms with Crippen LogP contribution in [-0.2, 0) is 19.1 Å². The van der Waals surface area contributed by atoms with E-state index in [4.69, 9.17) is 9.47 Å². The first-order valence-corrected chi connectivity index (χ1v) is 13.8. The van der Waals surface area contributed by atoms with Crippen molar-refractivity contribution in [3.63, 3.8) is 0 Å². The van der Waals surface area contributed by atoms with E-state index < -0.39 is 0 Å². The number of nitrogens with zero attached hydrogens (tertiary/aromatic N) is 2. The fraction of sp³-hybridized carbons (Fsp3) is 0.464. The molecule has 204 valence electrons. The van der Waals surface area contributed by atoms with Gasteiger partial charge in [-0.05, 0) is 74.3 Å². The minimum atomic E-state index is -0.365. The lowest BCUT2D eigenvalue weighted by Crippen LogP contribution is -2.39. The summed E-state index contributed by atoms with van der Waals surface area (Å²) in [6, 6.07) is 10.9. The zero-order chi connectivity index (χ0) is 27.1. The minimum absolute atomic E-state index is 0.0771. The minimum Gasteiger partial charge on any atom is -0.484 e. The lowest BCUT2D eigenvalue weighted by molar-refractivity contribution is -0.126. The number of morpholine rings is 1. The van der Waals surface area contributed by atoms with Crippen LogP contribution >= 0.6 is 15.9 Å². The Morgan fingerprint density at radius 1 is 1.11 bits per heavy atom. The summed E-state index contributed by atoms with van der Waals surface area (Å²) in [6.45, 7) is 9.02. The molecule has 1 atom stereocenters. The van der Waals surface area contributed by atoms with Crippen molar-refractivity contribution in [2.75, 3.05) is 62.8 Å². The number of amides is 3. The molecule has 0 unspecified atom stereocenters. The molecular formula is C28H35BrN4O5. The summed E-state index contributed by atoms with van der Waals surface area (Å²) in [5, 5.41) is 5.89. The Balaban J connectivity index is 1.21. The number of ether oxygens (including phenoxy) is 2. The molecule has 2 aliphatic heterocycles. The zero-order valence-corrected chi connectivity index (χ0v) is 23.5. The highest BCUT2D eigenvalue weighted by atomic mass is 79.9. The molecule has 38 heavy (non-hydrogen) atoms. The average molecular weight is 588 g/mol. The topological polar surface area (TPSA) is 100 Å². The van der Waals surface area contributed by atoms with Crippen molar-refractivity contribution < 1.29 is 23.9 Å². The van der Waals surface area contributed by atoms with Crippen molar-refractivity contribution in [3.8, 4) is 5.75 Å². The summed E-state index contributed by atoms with van der Waals surface area (Å²) in [5.74, 6) is -0.252. The third-order valence-corrected chi connectivity index (χ3v) is 7.29. The summed E-state index contributed by atoms with van der Waals surface area (Å²) in [6.07, 6.45) is 1.07. The van der Waals surface area contributed by atoms with Crippen LogP contribution in [0.5, 0.6) is 5.75 Å². The van der Waals surface area contributed by atoms with Gasteiger partial charge in [-0.15, -0.1) is 0 Å². The van der Waals surface area contributed by atoms with Gasteiger partial charge in [0.05, 0.1) is 19.1 Å². The first kappa shape index (κ1) is 28.1. The van der Waals surface area contributed by atoms with E-state index >= 15 is 0 Å². The van der Waals surface area contributed by atoms with Crippen LogP contribution in [0.3, 0.4) is 0 Å². The Bertz CT molecular complexity index is 1130. The van der Waals surface area contributed by atoms with Crippen molar-refractivity contribution in [2.45, 2.75) is 26.7 Å². The largest absolute Gasteiger partial charge is 0.484 e. The van der Waals surface area contributed by atoms with Crippen LogP contribution < -0.4 is 20.3 Å². The molecule has 0 aliphatic carbocycles. The third kappa shape index (κ3) is 7.55. The first-order valence-electron chi connectivity index (χ1n) is 13.0. The summed E-state index contributed by atoms with van der Waals surface area (Å²) in [5.41, 5.74) is 3.41. The van der Waals surface area contributed by atoms with Crippen molar-refractivity contribution in [1.29, 1.82) is 0 Å². The third-order valence-electron chi connectivity index (χ3n) is 6.83. The van der Waals surface area contributed by atoms with E-state index in [2.05, 4.69) is 31.5 Å². The molecule has 2 aromatic carbocycles. The quantitative estimate of drug-likeness (QED) is 0.414. The summed E-state index contributed by atoms with van der Waals surface area (Å²) in [4.78, 5) is 41.6. The van der Waals surface area contributed by atoms with Gasteiger partial charge in [0.25, 0.3) is 5.91 Å². The molecule has 2 fully saturated rings. The van der Waals surface area contributed by atoms with Crippen molar-refractivity contribution in [2.24, 2.45) is 5.92 Å². The molecule has 2 saturated heterocycles. The van der Waals surface area contributed by atoms with E-state index in [0.29, 0.717) is 24.5 Å². The Kier molecular flexibility index (Phi) is 9.76. The van der Waals surface area contributed by atoms with Crippen LogP contribution in [0, 0.1) is 19.8 Å². The van der Waals surface area contributed by atoms with E-state index in [1.165, 1.54) is 0 Å².